The van der Waals surface area contributed by atoms with Gasteiger partial charge < -0.3 is 0 Å². The summed E-state index contributed by atoms with van der Waals surface area (Å²) in [6, 6.07) is 7.95. The summed E-state index contributed by atoms with van der Waals surface area (Å²) >= 11 is 0.973. The van der Waals surface area contributed by atoms with Crippen LogP contribution in [0.25, 0.3) is 0 Å². The largest absolute Gasteiger partial charge is 0.411 e. The van der Waals surface area contributed by atoms with E-state index >= 15 is 0 Å². The molecular formula is C11H10F3NS. The maximum atomic E-state index is 13.2. The number of benzene rings is 1. The molecule has 1 aromatic rings. The van der Waals surface area contributed by atoms with Crippen LogP contribution in [0.15, 0.2) is 41.8 Å². The Morgan fingerprint density at radius 2 is 1.88 bits per heavy atom. The van der Waals surface area contributed by atoms with Crippen molar-refractivity contribution in [3.8, 4) is 0 Å². The van der Waals surface area contributed by atoms with Gasteiger partial charge in [0.05, 0.1) is 0 Å². The molecule has 2 rings (SSSR count). The molecule has 0 fully saturated rings. The normalized spacial score (nSPS) is 25.7. The van der Waals surface area contributed by atoms with Gasteiger partial charge in [0.1, 0.15) is 0 Å². The van der Waals surface area contributed by atoms with Crippen molar-refractivity contribution < 1.29 is 13.2 Å². The third kappa shape index (κ3) is 1.85. The van der Waals surface area contributed by atoms with Gasteiger partial charge in [-0.1, -0.05) is 48.4 Å². The monoisotopic (exact) mass is 245 g/mol. The Bertz CT molecular complexity index is 388. The van der Waals surface area contributed by atoms with Crippen LogP contribution in [0.1, 0.15) is 12.0 Å². The second-order valence-electron chi connectivity index (χ2n) is 3.56. The van der Waals surface area contributed by atoms with Crippen LogP contribution in [0.2, 0.25) is 0 Å². The third-order valence-electron chi connectivity index (χ3n) is 2.57. The first kappa shape index (κ1) is 11.5. The molecule has 0 amide bonds. The first-order valence-electron chi connectivity index (χ1n) is 4.76. The van der Waals surface area contributed by atoms with E-state index in [0.29, 0.717) is 0 Å². The molecule has 0 saturated heterocycles. The maximum absolute atomic E-state index is 13.2. The van der Waals surface area contributed by atoms with Crippen molar-refractivity contribution >= 4 is 11.9 Å². The summed E-state index contributed by atoms with van der Waals surface area (Å²) in [7, 11) is 0. The number of alkyl halides is 3. The molecule has 0 saturated carbocycles. The second-order valence-corrected chi connectivity index (χ2v) is 4.28. The summed E-state index contributed by atoms with van der Waals surface area (Å²) in [6.07, 6.45) is -2.85. The van der Waals surface area contributed by atoms with Gasteiger partial charge in [0.25, 0.3) is 0 Å². The zero-order valence-corrected chi connectivity index (χ0v) is 9.11. The topological polar surface area (TPSA) is 12.0 Å². The van der Waals surface area contributed by atoms with Crippen LogP contribution in [0, 0.1) is 0 Å². The van der Waals surface area contributed by atoms with Crippen molar-refractivity contribution in [1.29, 1.82) is 0 Å². The fraction of sp³-hybridized carbons (Fsp3) is 0.273. The minimum absolute atomic E-state index is 0.0759. The number of rotatable bonds is 1. The highest BCUT2D eigenvalue weighted by atomic mass is 32.2. The summed E-state index contributed by atoms with van der Waals surface area (Å²) in [4.78, 5) is 0. The molecule has 1 unspecified atom stereocenters. The molecular weight excluding hydrogens is 235 g/mol. The summed E-state index contributed by atoms with van der Waals surface area (Å²) in [6.45, 7) is 0. The van der Waals surface area contributed by atoms with E-state index in [2.05, 4.69) is 4.72 Å². The Balaban J connectivity index is 2.47. The molecule has 1 aliphatic heterocycles. The summed E-state index contributed by atoms with van der Waals surface area (Å²) in [5.74, 6) is 0. The van der Waals surface area contributed by atoms with Gasteiger partial charge >= 0.3 is 6.18 Å². The molecule has 1 aromatic carbocycles. The van der Waals surface area contributed by atoms with Gasteiger partial charge in [0, 0.05) is 0 Å². The number of hydrogen-bond donors (Lipinski definition) is 1. The molecule has 0 spiro atoms. The Hall–Kier alpha value is -0.940. The Labute approximate surface area is 95.9 Å². The number of hydrogen-bond acceptors (Lipinski definition) is 2. The van der Waals surface area contributed by atoms with Gasteiger partial charge in [-0.05, 0) is 17.4 Å². The molecule has 1 N–H and O–H groups in total. The lowest BCUT2D eigenvalue weighted by molar-refractivity contribution is -0.193. The first-order valence-corrected chi connectivity index (χ1v) is 5.64. The molecule has 1 heterocycles. The van der Waals surface area contributed by atoms with E-state index in [4.69, 9.17) is 0 Å². The standard InChI is InChI=1S/C11H10F3NS/c12-11(13,14)10(7-4-8-16-15-10)9-5-2-1-3-6-9/h1-6,8,15H,7H2. The smallest absolute Gasteiger partial charge is 0.241 e. The molecule has 0 aromatic heterocycles. The highest BCUT2D eigenvalue weighted by Gasteiger charge is 2.55. The zero-order chi connectivity index (χ0) is 11.6. The molecule has 86 valence electrons. The third-order valence-corrected chi connectivity index (χ3v) is 3.37. The number of nitrogens with one attached hydrogen (secondary N) is 1. The lowest BCUT2D eigenvalue weighted by Crippen LogP contribution is -2.51. The average Bonchev–Trinajstić information content (AvgIpc) is 2.30. The van der Waals surface area contributed by atoms with Gasteiger partial charge in [0.15, 0.2) is 5.54 Å². The number of halogens is 3. The van der Waals surface area contributed by atoms with E-state index in [0.717, 1.165) is 11.9 Å². The van der Waals surface area contributed by atoms with Crippen LogP contribution in [0.3, 0.4) is 0 Å². The van der Waals surface area contributed by atoms with Crippen molar-refractivity contribution in [1.82, 2.24) is 4.72 Å². The minimum Gasteiger partial charge on any atom is -0.241 e. The van der Waals surface area contributed by atoms with Crippen LogP contribution >= 0.6 is 11.9 Å². The molecule has 0 bridgehead atoms. The predicted octanol–water partition coefficient (Wildman–Crippen LogP) is 3.60. The van der Waals surface area contributed by atoms with Crippen molar-refractivity contribution in [3.63, 3.8) is 0 Å². The van der Waals surface area contributed by atoms with E-state index in [9.17, 15) is 13.2 Å². The van der Waals surface area contributed by atoms with E-state index < -0.39 is 11.7 Å². The summed E-state index contributed by atoms with van der Waals surface area (Å²) < 4.78 is 42.0. The second kappa shape index (κ2) is 4.14. The Morgan fingerprint density at radius 1 is 1.19 bits per heavy atom. The van der Waals surface area contributed by atoms with Gasteiger partial charge in [-0.25, -0.2) is 4.72 Å². The van der Waals surface area contributed by atoms with Crippen molar-refractivity contribution in [2.24, 2.45) is 0 Å². The van der Waals surface area contributed by atoms with Gasteiger partial charge in [-0.3, -0.25) is 0 Å². The molecule has 1 aliphatic rings. The fourth-order valence-electron chi connectivity index (χ4n) is 1.69. The van der Waals surface area contributed by atoms with E-state index in [1.54, 1.807) is 29.7 Å². The lowest BCUT2D eigenvalue weighted by atomic mass is 9.87. The Morgan fingerprint density at radius 3 is 2.38 bits per heavy atom. The molecule has 16 heavy (non-hydrogen) atoms. The van der Waals surface area contributed by atoms with Gasteiger partial charge in [0.2, 0.25) is 0 Å². The zero-order valence-electron chi connectivity index (χ0n) is 8.29. The van der Waals surface area contributed by atoms with E-state index in [-0.39, 0.29) is 12.0 Å². The van der Waals surface area contributed by atoms with Crippen LogP contribution < -0.4 is 4.72 Å². The highest BCUT2D eigenvalue weighted by molar-refractivity contribution is 8.00. The SMILES string of the molecule is FC(F)(F)C1(c2ccccc2)CC=CSN1. The fourth-order valence-corrected chi connectivity index (χ4v) is 2.46. The molecule has 1 atom stereocenters. The average molecular weight is 245 g/mol. The van der Waals surface area contributed by atoms with E-state index in [1.165, 1.54) is 12.1 Å². The van der Waals surface area contributed by atoms with Crippen LogP contribution in [-0.4, -0.2) is 6.18 Å². The summed E-state index contributed by atoms with van der Waals surface area (Å²) in [5.41, 5.74) is -1.72. The quantitative estimate of drug-likeness (QED) is 0.759. The molecule has 5 heteroatoms. The summed E-state index contributed by atoms with van der Waals surface area (Å²) in [5, 5.41) is 1.63. The Kier molecular flexibility index (Phi) is 2.99. The molecule has 0 aliphatic carbocycles. The van der Waals surface area contributed by atoms with Crippen LogP contribution in [0.5, 0.6) is 0 Å². The van der Waals surface area contributed by atoms with Crippen molar-refractivity contribution in [2.45, 2.75) is 18.1 Å². The maximum Gasteiger partial charge on any atom is 0.411 e. The molecule has 1 nitrogen and oxygen atoms in total. The van der Waals surface area contributed by atoms with Crippen molar-refractivity contribution in [2.75, 3.05) is 0 Å². The molecule has 0 radical (unpaired) electrons. The van der Waals surface area contributed by atoms with Crippen molar-refractivity contribution in [3.05, 3.63) is 47.4 Å². The van der Waals surface area contributed by atoms with Gasteiger partial charge in [-0.15, -0.1) is 0 Å². The highest BCUT2D eigenvalue weighted by Crippen LogP contribution is 2.44. The first-order chi connectivity index (χ1) is 7.56. The van der Waals surface area contributed by atoms with E-state index in [1.807, 2.05) is 0 Å². The predicted molar refractivity (Wildman–Crippen MR) is 58.7 cm³/mol. The minimum atomic E-state index is -4.31. The van der Waals surface area contributed by atoms with Crippen LogP contribution in [0.4, 0.5) is 13.2 Å². The lowest BCUT2D eigenvalue weighted by Gasteiger charge is -2.37. The van der Waals surface area contributed by atoms with Crippen LogP contribution in [-0.2, 0) is 5.54 Å². The van der Waals surface area contributed by atoms with Gasteiger partial charge in [-0.2, -0.15) is 13.2 Å².